The summed E-state index contributed by atoms with van der Waals surface area (Å²) in [7, 11) is 0. The van der Waals surface area contributed by atoms with Crippen molar-refractivity contribution in [3.8, 4) is 0 Å². The molecule has 1 amide bonds. The number of fused-ring (bicyclic) bond motifs is 1. The van der Waals surface area contributed by atoms with Crippen molar-refractivity contribution in [2.75, 3.05) is 13.1 Å². The van der Waals surface area contributed by atoms with E-state index in [0.29, 0.717) is 30.6 Å². The number of H-pyrrole nitrogens is 1. The van der Waals surface area contributed by atoms with Gasteiger partial charge in [0.2, 0.25) is 5.56 Å². The molecule has 2 N–H and O–H groups in total. The highest BCUT2D eigenvalue weighted by molar-refractivity contribution is 6.05. The molecule has 1 saturated heterocycles. The van der Waals surface area contributed by atoms with Crippen LogP contribution in [0.5, 0.6) is 0 Å². The number of nitrogens with one attached hydrogen (secondary N) is 1. The van der Waals surface area contributed by atoms with Crippen molar-refractivity contribution in [2.24, 2.45) is 5.92 Å². The molecule has 24 heavy (non-hydrogen) atoms. The summed E-state index contributed by atoms with van der Waals surface area (Å²) in [6.07, 6.45) is 2.42. The van der Waals surface area contributed by atoms with Gasteiger partial charge in [-0.3, -0.25) is 14.4 Å². The first-order chi connectivity index (χ1) is 11.5. The third kappa shape index (κ3) is 3.48. The van der Waals surface area contributed by atoms with E-state index in [-0.39, 0.29) is 23.8 Å². The molecule has 6 nitrogen and oxygen atoms in total. The van der Waals surface area contributed by atoms with E-state index in [1.165, 1.54) is 6.07 Å². The number of para-hydroxylation sites is 1. The van der Waals surface area contributed by atoms with E-state index in [9.17, 15) is 14.4 Å². The number of amides is 1. The zero-order valence-corrected chi connectivity index (χ0v) is 13.3. The van der Waals surface area contributed by atoms with Crippen LogP contribution < -0.4 is 5.56 Å². The summed E-state index contributed by atoms with van der Waals surface area (Å²) in [5.74, 6) is -0.843. The number of carbonyl (C=O) groups is 2. The van der Waals surface area contributed by atoms with Crippen molar-refractivity contribution in [3.63, 3.8) is 0 Å². The smallest absolute Gasteiger partial charge is 0.303 e. The second-order valence-corrected chi connectivity index (χ2v) is 6.28. The first-order valence-electron chi connectivity index (χ1n) is 8.18. The maximum absolute atomic E-state index is 12.9. The van der Waals surface area contributed by atoms with Crippen LogP contribution in [-0.4, -0.2) is 40.0 Å². The molecule has 0 unspecified atom stereocenters. The molecule has 1 aliphatic rings. The molecule has 0 bridgehead atoms. The molecule has 6 heteroatoms. The highest BCUT2D eigenvalue weighted by Crippen LogP contribution is 2.23. The average Bonchev–Trinajstić information content (AvgIpc) is 2.78. The largest absolute Gasteiger partial charge is 0.481 e. The van der Waals surface area contributed by atoms with Gasteiger partial charge in [-0.1, -0.05) is 18.2 Å². The number of aliphatic carboxylic acids is 1. The molecule has 0 radical (unpaired) electrons. The SMILES string of the molecule is O=C(O)C[C@@H]1CCCN(C(=O)c2cc(=O)[nH]c3ccccc23)CC1. The second-order valence-electron chi connectivity index (χ2n) is 6.28. The van der Waals surface area contributed by atoms with Crippen LogP contribution in [-0.2, 0) is 4.79 Å². The van der Waals surface area contributed by atoms with Crippen molar-refractivity contribution < 1.29 is 14.7 Å². The lowest BCUT2D eigenvalue weighted by atomic mass is 9.97. The molecule has 1 aromatic carbocycles. The summed E-state index contributed by atoms with van der Waals surface area (Å²) in [6, 6.07) is 8.60. The third-order valence-electron chi connectivity index (χ3n) is 4.58. The number of likely N-dealkylation sites (tertiary alicyclic amines) is 1. The molecule has 1 aromatic heterocycles. The Kier molecular flexibility index (Phi) is 4.64. The Morgan fingerprint density at radius 1 is 1.21 bits per heavy atom. The van der Waals surface area contributed by atoms with Crippen LogP contribution in [0.15, 0.2) is 35.1 Å². The van der Waals surface area contributed by atoms with Crippen molar-refractivity contribution in [1.29, 1.82) is 0 Å². The fourth-order valence-corrected chi connectivity index (χ4v) is 3.37. The fraction of sp³-hybridized carbons (Fsp3) is 0.389. The van der Waals surface area contributed by atoms with Crippen LogP contribution in [0.4, 0.5) is 0 Å². The van der Waals surface area contributed by atoms with Gasteiger partial charge in [0.25, 0.3) is 5.91 Å². The summed E-state index contributed by atoms with van der Waals surface area (Å²) in [4.78, 5) is 40.1. The van der Waals surface area contributed by atoms with Crippen molar-refractivity contribution >= 4 is 22.8 Å². The lowest BCUT2D eigenvalue weighted by molar-refractivity contribution is -0.138. The minimum Gasteiger partial charge on any atom is -0.481 e. The molecular weight excluding hydrogens is 308 g/mol. The Morgan fingerprint density at radius 3 is 2.79 bits per heavy atom. The van der Waals surface area contributed by atoms with E-state index in [1.807, 2.05) is 18.2 Å². The molecular formula is C18H20N2O4. The van der Waals surface area contributed by atoms with Gasteiger partial charge < -0.3 is 15.0 Å². The zero-order valence-electron chi connectivity index (χ0n) is 13.3. The van der Waals surface area contributed by atoms with Gasteiger partial charge in [-0.25, -0.2) is 0 Å². The van der Waals surface area contributed by atoms with Gasteiger partial charge in [0.05, 0.1) is 5.56 Å². The van der Waals surface area contributed by atoms with Crippen LogP contribution in [0.3, 0.4) is 0 Å². The van der Waals surface area contributed by atoms with E-state index in [2.05, 4.69) is 4.98 Å². The van der Waals surface area contributed by atoms with Crippen LogP contribution in [0.2, 0.25) is 0 Å². The first kappa shape index (κ1) is 16.2. The highest BCUT2D eigenvalue weighted by Gasteiger charge is 2.24. The second kappa shape index (κ2) is 6.86. The van der Waals surface area contributed by atoms with Crippen molar-refractivity contribution in [3.05, 3.63) is 46.2 Å². The van der Waals surface area contributed by atoms with Gasteiger partial charge in [0.1, 0.15) is 0 Å². The Morgan fingerprint density at radius 2 is 2.00 bits per heavy atom. The predicted octanol–water partition coefficient (Wildman–Crippen LogP) is 2.25. The van der Waals surface area contributed by atoms with E-state index in [4.69, 9.17) is 5.11 Å². The van der Waals surface area contributed by atoms with Gasteiger partial charge >= 0.3 is 5.97 Å². The number of rotatable bonds is 3. The molecule has 0 spiro atoms. The first-order valence-corrected chi connectivity index (χ1v) is 8.18. The topological polar surface area (TPSA) is 90.5 Å². The van der Waals surface area contributed by atoms with Crippen molar-refractivity contribution in [1.82, 2.24) is 9.88 Å². The molecule has 1 atom stereocenters. The van der Waals surface area contributed by atoms with Crippen LogP contribution >= 0.6 is 0 Å². The maximum Gasteiger partial charge on any atom is 0.303 e. The minimum atomic E-state index is -0.791. The summed E-state index contributed by atoms with van der Waals surface area (Å²) >= 11 is 0. The van der Waals surface area contributed by atoms with Gasteiger partial charge in [-0.15, -0.1) is 0 Å². The van der Waals surface area contributed by atoms with Crippen LogP contribution in [0.25, 0.3) is 10.9 Å². The summed E-state index contributed by atoms with van der Waals surface area (Å²) < 4.78 is 0. The maximum atomic E-state index is 12.9. The normalized spacial score (nSPS) is 18.3. The number of aromatic amines is 1. The predicted molar refractivity (Wildman–Crippen MR) is 90.1 cm³/mol. The van der Waals surface area contributed by atoms with E-state index in [1.54, 1.807) is 11.0 Å². The number of benzene rings is 1. The number of hydrogen-bond acceptors (Lipinski definition) is 3. The van der Waals surface area contributed by atoms with Crippen LogP contribution in [0, 0.1) is 5.92 Å². The molecule has 2 heterocycles. The van der Waals surface area contributed by atoms with E-state index in [0.717, 1.165) is 18.2 Å². The van der Waals surface area contributed by atoms with Gasteiger partial charge in [0, 0.05) is 36.5 Å². The van der Waals surface area contributed by atoms with Crippen LogP contribution in [0.1, 0.15) is 36.0 Å². The van der Waals surface area contributed by atoms with E-state index >= 15 is 0 Å². The Bertz CT molecular complexity index is 827. The lowest BCUT2D eigenvalue weighted by Gasteiger charge is -2.21. The quantitative estimate of drug-likeness (QED) is 0.904. The van der Waals surface area contributed by atoms with Gasteiger partial charge in [-0.2, -0.15) is 0 Å². The molecule has 1 aliphatic heterocycles. The number of carbonyl (C=O) groups excluding carboxylic acids is 1. The van der Waals surface area contributed by atoms with Crippen molar-refractivity contribution in [2.45, 2.75) is 25.7 Å². The molecule has 3 rings (SSSR count). The Balaban J connectivity index is 1.84. The summed E-state index contributed by atoms with van der Waals surface area (Å²) in [6.45, 7) is 1.12. The summed E-state index contributed by atoms with van der Waals surface area (Å²) in [5.41, 5.74) is 0.758. The standard InChI is InChI=1S/C18H20N2O4/c21-16-11-14(13-5-1-2-6-15(13)19-16)18(24)20-8-3-4-12(7-9-20)10-17(22)23/h1-2,5-6,11-12H,3-4,7-10H2,(H,19,21)(H,22,23)/t12-/m1/s1. The number of hydrogen-bond donors (Lipinski definition) is 2. The average molecular weight is 328 g/mol. The number of nitrogens with zero attached hydrogens (tertiary/aromatic N) is 1. The summed E-state index contributed by atoms with van der Waals surface area (Å²) in [5, 5.41) is 9.67. The molecule has 1 fully saturated rings. The third-order valence-corrected chi connectivity index (χ3v) is 4.58. The molecule has 0 saturated carbocycles. The number of pyridine rings is 1. The number of carboxylic acid groups (broad SMARTS) is 1. The molecule has 126 valence electrons. The Hall–Kier alpha value is -2.63. The molecule has 0 aliphatic carbocycles. The molecule has 2 aromatic rings. The Labute approximate surface area is 139 Å². The zero-order chi connectivity index (χ0) is 17.1. The van der Waals surface area contributed by atoms with E-state index < -0.39 is 5.97 Å². The lowest BCUT2D eigenvalue weighted by Crippen LogP contribution is -2.33. The van der Waals surface area contributed by atoms with Gasteiger partial charge in [0.15, 0.2) is 0 Å². The highest BCUT2D eigenvalue weighted by atomic mass is 16.4. The fourth-order valence-electron chi connectivity index (χ4n) is 3.37. The monoisotopic (exact) mass is 328 g/mol. The van der Waals surface area contributed by atoms with Gasteiger partial charge in [-0.05, 0) is 31.2 Å². The number of aromatic nitrogens is 1. The minimum absolute atomic E-state index is 0.108. The number of carboxylic acids is 1.